The van der Waals surface area contributed by atoms with Crippen LogP contribution >= 0.6 is 12.4 Å². The van der Waals surface area contributed by atoms with E-state index in [1.807, 2.05) is 30.5 Å². The third kappa shape index (κ3) is 3.97. The molecule has 1 heterocycles. The molecule has 0 aliphatic carbocycles. The van der Waals surface area contributed by atoms with Crippen molar-refractivity contribution in [3.63, 3.8) is 0 Å². The van der Waals surface area contributed by atoms with Crippen molar-refractivity contribution in [3.8, 4) is 5.75 Å². The first-order chi connectivity index (χ1) is 10.4. The fraction of sp³-hybridized carbons (Fsp3) is 0.125. The van der Waals surface area contributed by atoms with Crippen LogP contribution in [0.4, 0.5) is 13.2 Å². The Balaban J connectivity index is 0.00000192. The van der Waals surface area contributed by atoms with E-state index in [0.717, 1.165) is 16.5 Å². The van der Waals surface area contributed by atoms with Gasteiger partial charge in [-0.2, -0.15) is 0 Å². The summed E-state index contributed by atoms with van der Waals surface area (Å²) in [6.07, 6.45) is -2.86. The summed E-state index contributed by atoms with van der Waals surface area (Å²) in [4.78, 5) is 3.10. The lowest BCUT2D eigenvalue weighted by atomic mass is 9.99. The maximum absolute atomic E-state index is 12.1. The number of hydrogen-bond acceptors (Lipinski definition) is 2. The molecule has 0 bridgehead atoms. The molecule has 0 amide bonds. The van der Waals surface area contributed by atoms with Crippen LogP contribution in [0.1, 0.15) is 17.2 Å². The van der Waals surface area contributed by atoms with E-state index in [4.69, 9.17) is 5.73 Å². The van der Waals surface area contributed by atoms with Crippen molar-refractivity contribution < 1.29 is 17.9 Å². The van der Waals surface area contributed by atoms with E-state index in [1.54, 1.807) is 0 Å². The van der Waals surface area contributed by atoms with E-state index in [9.17, 15) is 13.2 Å². The van der Waals surface area contributed by atoms with E-state index in [1.165, 1.54) is 24.3 Å². The predicted octanol–water partition coefficient (Wildman–Crippen LogP) is 4.54. The number of ether oxygens (including phenoxy) is 1. The molecule has 0 aliphatic rings. The minimum atomic E-state index is -4.69. The molecule has 0 spiro atoms. The smallest absolute Gasteiger partial charge is 0.406 e. The van der Waals surface area contributed by atoms with Gasteiger partial charge in [0.1, 0.15) is 5.75 Å². The first-order valence-corrected chi connectivity index (χ1v) is 6.61. The molecule has 122 valence electrons. The average molecular weight is 343 g/mol. The number of halogens is 4. The minimum absolute atomic E-state index is 0. The predicted molar refractivity (Wildman–Crippen MR) is 84.7 cm³/mol. The highest BCUT2D eigenvalue weighted by atomic mass is 35.5. The number of alkyl halides is 3. The largest absolute Gasteiger partial charge is 0.573 e. The Kier molecular flexibility index (Phi) is 4.87. The number of nitrogens with one attached hydrogen (secondary N) is 1. The summed E-state index contributed by atoms with van der Waals surface area (Å²) in [5, 5.41) is 1.07. The van der Waals surface area contributed by atoms with Crippen molar-refractivity contribution in [2.24, 2.45) is 5.73 Å². The van der Waals surface area contributed by atoms with Crippen LogP contribution < -0.4 is 10.5 Å². The summed E-state index contributed by atoms with van der Waals surface area (Å²) >= 11 is 0. The second-order valence-corrected chi connectivity index (χ2v) is 4.92. The lowest BCUT2D eigenvalue weighted by molar-refractivity contribution is -0.274. The standard InChI is InChI=1S/C16H13F3N2O.ClH/c17-16(18,19)22-13-5-3-11(4-6-13)15(20)12-2-1-10-7-8-21-14(10)9-12;/h1-9,15,21H,20H2;1H/t15-;/m0./s1. The average Bonchev–Trinajstić information content (AvgIpc) is 2.93. The zero-order valence-corrected chi connectivity index (χ0v) is 12.6. The number of fused-ring (bicyclic) bond motifs is 1. The Morgan fingerprint density at radius 1 is 0.957 bits per heavy atom. The fourth-order valence-corrected chi connectivity index (χ4v) is 2.33. The highest BCUT2D eigenvalue weighted by molar-refractivity contribution is 5.85. The Morgan fingerprint density at radius 2 is 1.61 bits per heavy atom. The molecule has 3 rings (SSSR count). The number of aromatic amines is 1. The lowest BCUT2D eigenvalue weighted by Gasteiger charge is -2.14. The van der Waals surface area contributed by atoms with Gasteiger partial charge in [-0.05, 0) is 40.8 Å². The van der Waals surface area contributed by atoms with Gasteiger partial charge in [-0.1, -0.05) is 24.3 Å². The van der Waals surface area contributed by atoms with Crippen LogP contribution in [0.15, 0.2) is 54.7 Å². The third-order valence-corrected chi connectivity index (χ3v) is 3.41. The van der Waals surface area contributed by atoms with Crippen molar-refractivity contribution in [1.82, 2.24) is 4.98 Å². The summed E-state index contributed by atoms with van der Waals surface area (Å²) in [6, 6.07) is 12.9. The van der Waals surface area contributed by atoms with Crippen LogP contribution in [-0.2, 0) is 0 Å². The molecule has 7 heteroatoms. The van der Waals surface area contributed by atoms with Crippen molar-refractivity contribution in [3.05, 3.63) is 65.9 Å². The van der Waals surface area contributed by atoms with Crippen molar-refractivity contribution >= 4 is 23.3 Å². The van der Waals surface area contributed by atoms with Gasteiger partial charge in [0.05, 0.1) is 6.04 Å². The molecule has 23 heavy (non-hydrogen) atoms. The molecule has 1 atom stereocenters. The van der Waals surface area contributed by atoms with E-state index in [-0.39, 0.29) is 18.2 Å². The van der Waals surface area contributed by atoms with Gasteiger partial charge in [-0.25, -0.2) is 0 Å². The molecule has 3 nitrogen and oxygen atoms in total. The molecule has 1 aromatic heterocycles. The van der Waals surface area contributed by atoms with Gasteiger partial charge in [-0.15, -0.1) is 25.6 Å². The molecule has 0 fully saturated rings. The van der Waals surface area contributed by atoms with Gasteiger partial charge in [0.25, 0.3) is 0 Å². The summed E-state index contributed by atoms with van der Waals surface area (Å²) in [5.41, 5.74) is 8.72. The first-order valence-electron chi connectivity index (χ1n) is 6.61. The van der Waals surface area contributed by atoms with Crippen LogP contribution in [0.5, 0.6) is 5.75 Å². The van der Waals surface area contributed by atoms with E-state index in [2.05, 4.69) is 9.72 Å². The second-order valence-electron chi connectivity index (χ2n) is 4.92. The molecule has 0 unspecified atom stereocenters. The molecule has 3 N–H and O–H groups in total. The Labute approximate surface area is 136 Å². The van der Waals surface area contributed by atoms with Crippen LogP contribution in [0.2, 0.25) is 0 Å². The molecular weight excluding hydrogens is 329 g/mol. The fourth-order valence-electron chi connectivity index (χ4n) is 2.33. The number of nitrogens with two attached hydrogens (primary N) is 1. The van der Waals surface area contributed by atoms with E-state index in [0.29, 0.717) is 5.56 Å². The molecule has 0 radical (unpaired) electrons. The number of hydrogen-bond donors (Lipinski definition) is 2. The van der Waals surface area contributed by atoms with Crippen LogP contribution in [0, 0.1) is 0 Å². The summed E-state index contributed by atoms with van der Waals surface area (Å²) < 4.78 is 40.2. The van der Waals surface area contributed by atoms with Gasteiger partial charge < -0.3 is 15.5 Å². The summed E-state index contributed by atoms with van der Waals surface area (Å²) in [7, 11) is 0. The highest BCUT2D eigenvalue weighted by Crippen LogP contribution is 2.27. The monoisotopic (exact) mass is 342 g/mol. The third-order valence-electron chi connectivity index (χ3n) is 3.41. The summed E-state index contributed by atoms with van der Waals surface area (Å²) in [5.74, 6) is -0.261. The number of H-pyrrole nitrogens is 1. The van der Waals surface area contributed by atoms with Gasteiger partial charge in [0, 0.05) is 11.7 Å². The molecule has 0 saturated carbocycles. The second kappa shape index (κ2) is 6.52. The lowest BCUT2D eigenvalue weighted by Crippen LogP contribution is -2.17. The number of rotatable bonds is 3. The van der Waals surface area contributed by atoms with E-state index < -0.39 is 12.4 Å². The van der Waals surface area contributed by atoms with Crippen molar-refractivity contribution in [2.45, 2.75) is 12.4 Å². The molecular formula is C16H14ClF3N2O. The zero-order valence-electron chi connectivity index (χ0n) is 11.8. The van der Waals surface area contributed by atoms with Gasteiger partial charge in [0.15, 0.2) is 0 Å². The molecule has 3 aromatic rings. The quantitative estimate of drug-likeness (QED) is 0.734. The topological polar surface area (TPSA) is 51.0 Å². The molecule has 0 saturated heterocycles. The zero-order chi connectivity index (χ0) is 15.7. The van der Waals surface area contributed by atoms with Gasteiger partial charge >= 0.3 is 6.36 Å². The first kappa shape index (κ1) is 17.2. The van der Waals surface area contributed by atoms with Crippen LogP contribution in [-0.4, -0.2) is 11.3 Å². The molecule has 0 aliphatic heterocycles. The van der Waals surface area contributed by atoms with Crippen LogP contribution in [0.3, 0.4) is 0 Å². The highest BCUT2D eigenvalue weighted by Gasteiger charge is 2.31. The summed E-state index contributed by atoms with van der Waals surface area (Å²) in [6.45, 7) is 0. The van der Waals surface area contributed by atoms with Gasteiger partial charge in [0.2, 0.25) is 0 Å². The van der Waals surface area contributed by atoms with Crippen molar-refractivity contribution in [2.75, 3.05) is 0 Å². The van der Waals surface area contributed by atoms with Gasteiger partial charge in [-0.3, -0.25) is 0 Å². The Morgan fingerprint density at radius 3 is 2.26 bits per heavy atom. The number of aromatic nitrogens is 1. The van der Waals surface area contributed by atoms with Crippen molar-refractivity contribution in [1.29, 1.82) is 0 Å². The normalized spacial score (nSPS) is 12.7. The van der Waals surface area contributed by atoms with Crippen LogP contribution in [0.25, 0.3) is 10.9 Å². The maximum Gasteiger partial charge on any atom is 0.573 e. The minimum Gasteiger partial charge on any atom is -0.406 e. The number of benzene rings is 2. The van der Waals surface area contributed by atoms with E-state index >= 15 is 0 Å². The SMILES string of the molecule is Cl.N[C@@H](c1ccc(OC(F)(F)F)cc1)c1ccc2cc[nH]c2c1. The Bertz CT molecular complexity index is 784. The Hall–Kier alpha value is -2.18. The molecule has 2 aromatic carbocycles. The maximum atomic E-state index is 12.1.